The van der Waals surface area contributed by atoms with E-state index in [2.05, 4.69) is 10.3 Å². The molecule has 0 bridgehead atoms. The molecule has 1 amide bonds. The SMILES string of the molecule is COc1ccccc1CCNC(=O)C1CN(c2nc3c(C(F)(F)F)cccc3s2)C1. The van der Waals surface area contributed by atoms with Gasteiger partial charge in [0.2, 0.25) is 5.91 Å². The van der Waals surface area contributed by atoms with E-state index in [-0.39, 0.29) is 17.3 Å². The van der Waals surface area contributed by atoms with Crippen LogP contribution in [0.3, 0.4) is 0 Å². The minimum absolute atomic E-state index is 0.0327. The molecule has 1 saturated heterocycles. The van der Waals surface area contributed by atoms with Crippen LogP contribution < -0.4 is 15.0 Å². The number of ether oxygens (including phenoxy) is 1. The van der Waals surface area contributed by atoms with Crippen molar-refractivity contribution in [1.29, 1.82) is 0 Å². The molecule has 2 heterocycles. The summed E-state index contributed by atoms with van der Waals surface area (Å²) in [5.74, 6) is 0.533. The molecule has 1 aliphatic rings. The molecule has 2 aromatic carbocycles. The van der Waals surface area contributed by atoms with Gasteiger partial charge in [0.15, 0.2) is 5.13 Å². The molecule has 0 unspecified atom stereocenters. The summed E-state index contributed by atoms with van der Waals surface area (Å²) in [6.07, 6.45) is -3.78. The van der Waals surface area contributed by atoms with Gasteiger partial charge in [0.25, 0.3) is 0 Å². The number of hydrogen-bond acceptors (Lipinski definition) is 5. The predicted octanol–water partition coefficient (Wildman–Crippen LogP) is 4.12. The van der Waals surface area contributed by atoms with Crippen molar-refractivity contribution >= 4 is 32.6 Å². The first kappa shape index (κ1) is 20.5. The van der Waals surface area contributed by atoms with Gasteiger partial charge in [-0.05, 0) is 30.2 Å². The summed E-state index contributed by atoms with van der Waals surface area (Å²) in [5, 5.41) is 3.44. The summed E-state index contributed by atoms with van der Waals surface area (Å²) in [4.78, 5) is 18.4. The zero-order chi connectivity index (χ0) is 21.3. The van der Waals surface area contributed by atoms with E-state index >= 15 is 0 Å². The minimum atomic E-state index is -4.44. The number of benzene rings is 2. The van der Waals surface area contributed by atoms with Crippen molar-refractivity contribution in [3.8, 4) is 5.75 Å². The van der Waals surface area contributed by atoms with Crippen LogP contribution in [0.5, 0.6) is 5.75 Å². The number of thiazole rings is 1. The number of aromatic nitrogens is 1. The molecule has 1 N–H and O–H groups in total. The molecule has 0 spiro atoms. The summed E-state index contributed by atoms with van der Waals surface area (Å²) < 4.78 is 45.3. The van der Waals surface area contributed by atoms with Crippen molar-refractivity contribution in [1.82, 2.24) is 10.3 Å². The third-order valence-corrected chi connectivity index (χ3v) is 6.20. The third-order valence-electron chi connectivity index (χ3n) is 5.12. The summed E-state index contributed by atoms with van der Waals surface area (Å²) in [7, 11) is 1.61. The number of para-hydroxylation sites is 2. The monoisotopic (exact) mass is 435 g/mol. The number of methoxy groups -OCH3 is 1. The molecular formula is C21H20F3N3O2S. The molecule has 0 aliphatic carbocycles. The van der Waals surface area contributed by atoms with E-state index in [4.69, 9.17) is 4.74 Å². The highest BCUT2D eigenvalue weighted by Gasteiger charge is 2.37. The smallest absolute Gasteiger partial charge is 0.418 e. The van der Waals surface area contributed by atoms with Crippen molar-refractivity contribution in [3.63, 3.8) is 0 Å². The number of amides is 1. The standard InChI is InChI=1S/C21H20F3N3O2S/c1-29-16-7-3-2-5-13(16)9-10-25-19(28)14-11-27(12-14)20-26-18-15(21(22,23)24)6-4-8-17(18)30-20/h2-8,14H,9-12H2,1H3,(H,25,28). The van der Waals surface area contributed by atoms with Gasteiger partial charge in [0.05, 0.1) is 28.8 Å². The Morgan fingerprint density at radius 2 is 2.00 bits per heavy atom. The van der Waals surface area contributed by atoms with Crippen LogP contribution >= 0.6 is 11.3 Å². The maximum Gasteiger partial charge on any atom is 0.418 e. The summed E-state index contributed by atoms with van der Waals surface area (Å²) >= 11 is 1.21. The summed E-state index contributed by atoms with van der Waals surface area (Å²) in [5.41, 5.74) is 0.258. The molecule has 30 heavy (non-hydrogen) atoms. The van der Waals surface area contributed by atoms with Crippen LogP contribution in [0, 0.1) is 5.92 Å². The maximum atomic E-state index is 13.2. The number of carbonyl (C=O) groups excluding carboxylic acids is 1. The van der Waals surface area contributed by atoms with Gasteiger partial charge in [-0.15, -0.1) is 0 Å². The zero-order valence-electron chi connectivity index (χ0n) is 16.2. The van der Waals surface area contributed by atoms with Gasteiger partial charge < -0.3 is 15.0 Å². The first-order chi connectivity index (χ1) is 14.4. The topological polar surface area (TPSA) is 54.5 Å². The van der Waals surface area contributed by atoms with Crippen molar-refractivity contribution in [2.24, 2.45) is 5.92 Å². The lowest BCUT2D eigenvalue weighted by molar-refractivity contribution is -0.136. The number of fused-ring (bicyclic) bond motifs is 1. The molecule has 5 nitrogen and oxygen atoms in total. The molecule has 3 aromatic rings. The lowest BCUT2D eigenvalue weighted by Crippen LogP contribution is -2.54. The molecule has 158 valence electrons. The van der Waals surface area contributed by atoms with Crippen LogP contribution in [0.25, 0.3) is 10.2 Å². The van der Waals surface area contributed by atoms with Gasteiger partial charge in [0, 0.05) is 19.6 Å². The molecule has 9 heteroatoms. The fraction of sp³-hybridized carbons (Fsp3) is 0.333. The second-order valence-electron chi connectivity index (χ2n) is 7.10. The first-order valence-electron chi connectivity index (χ1n) is 9.48. The van der Waals surface area contributed by atoms with Crippen molar-refractivity contribution < 1.29 is 22.7 Å². The highest BCUT2D eigenvalue weighted by molar-refractivity contribution is 7.22. The second kappa shape index (κ2) is 8.14. The largest absolute Gasteiger partial charge is 0.496 e. The Morgan fingerprint density at radius 1 is 1.23 bits per heavy atom. The Hall–Kier alpha value is -2.81. The van der Waals surface area contributed by atoms with Crippen molar-refractivity contribution in [2.75, 3.05) is 31.6 Å². The molecule has 1 fully saturated rings. The van der Waals surface area contributed by atoms with E-state index < -0.39 is 11.7 Å². The predicted molar refractivity (Wildman–Crippen MR) is 110 cm³/mol. The average Bonchev–Trinajstić information content (AvgIpc) is 3.09. The lowest BCUT2D eigenvalue weighted by atomic mass is 10.00. The van der Waals surface area contributed by atoms with Gasteiger partial charge in [-0.2, -0.15) is 13.2 Å². The maximum absolute atomic E-state index is 13.2. The van der Waals surface area contributed by atoms with Gasteiger partial charge in [-0.3, -0.25) is 4.79 Å². The van der Waals surface area contributed by atoms with Crippen molar-refractivity contribution in [3.05, 3.63) is 53.6 Å². The number of hydrogen-bond donors (Lipinski definition) is 1. The zero-order valence-corrected chi connectivity index (χ0v) is 17.0. The van der Waals surface area contributed by atoms with Crippen LogP contribution in [0.1, 0.15) is 11.1 Å². The van der Waals surface area contributed by atoms with Crippen LogP contribution in [0.2, 0.25) is 0 Å². The van der Waals surface area contributed by atoms with E-state index in [1.54, 1.807) is 13.2 Å². The molecule has 0 saturated carbocycles. The van der Waals surface area contributed by atoms with Gasteiger partial charge in [0.1, 0.15) is 5.75 Å². The Morgan fingerprint density at radius 3 is 2.73 bits per heavy atom. The van der Waals surface area contributed by atoms with E-state index in [9.17, 15) is 18.0 Å². The number of carbonyl (C=O) groups is 1. The Bertz CT molecular complexity index is 1060. The molecule has 4 rings (SSSR count). The van der Waals surface area contributed by atoms with Gasteiger partial charge in [-0.25, -0.2) is 4.98 Å². The Balaban J connectivity index is 1.33. The second-order valence-corrected chi connectivity index (χ2v) is 8.11. The van der Waals surface area contributed by atoms with Gasteiger partial charge in [-0.1, -0.05) is 35.6 Å². The van der Waals surface area contributed by atoms with Crippen molar-refractivity contribution in [2.45, 2.75) is 12.6 Å². The molecule has 1 aromatic heterocycles. The van der Waals surface area contributed by atoms with E-state index in [1.165, 1.54) is 17.4 Å². The number of rotatable bonds is 6. The fourth-order valence-corrected chi connectivity index (χ4v) is 4.49. The number of halogens is 3. The molecule has 1 aliphatic heterocycles. The quantitative estimate of drug-likeness (QED) is 0.633. The normalized spacial score (nSPS) is 14.6. The molecule has 0 radical (unpaired) electrons. The highest BCUT2D eigenvalue weighted by Crippen LogP contribution is 2.39. The minimum Gasteiger partial charge on any atom is -0.496 e. The van der Waals surface area contributed by atoms with E-state index in [0.29, 0.717) is 35.9 Å². The number of anilines is 1. The average molecular weight is 435 g/mol. The fourth-order valence-electron chi connectivity index (χ4n) is 3.48. The Labute approximate surface area is 175 Å². The lowest BCUT2D eigenvalue weighted by Gasteiger charge is -2.38. The number of alkyl halides is 3. The third kappa shape index (κ3) is 4.07. The number of nitrogens with zero attached hydrogens (tertiary/aromatic N) is 2. The first-order valence-corrected chi connectivity index (χ1v) is 10.3. The van der Waals surface area contributed by atoms with E-state index in [0.717, 1.165) is 17.4 Å². The summed E-state index contributed by atoms with van der Waals surface area (Å²) in [6, 6.07) is 11.7. The van der Waals surface area contributed by atoms with Crippen LogP contribution in [0.4, 0.5) is 18.3 Å². The Kier molecular flexibility index (Phi) is 5.55. The van der Waals surface area contributed by atoms with E-state index in [1.807, 2.05) is 29.2 Å². The van der Waals surface area contributed by atoms with Crippen LogP contribution in [-0.2, 0) is 17.4 Å². The number of nitrogens with one attached hydrogen (secondary N) is 1. The van der Waals surface area contributed by atoms with Crippen LogP contribution in [-0.4, -0.2) is 37.6 Å². The van der Waals surface area contributed by atoms with Gasteiger partial charge >= 0.3 is 6.18 Å². The summed E-state index contributed by atoms with van der Waals surface area (Å²) in [6.45, 7) is 1.38. The van der Waals surface area contributed by atoms with Crippen LogP contribution in [0.15, 0.2) is 42.5 Å². The molecular weight excluding hydrogens is 415 g/mol. The molecule has 0 atom stereocenters. The highest BCUT2D eigenvalue weighted by atomic mass is 32.1.